The molecule has 0 radical (unpaired) electrons. The Balaban J connectivity index is 4.33. The lowest BCUT2D eigenvalue weighted by molar-refractivity contribution is -0.167. The molecule has 0 aromatic heterocycles. The van der Waals surface area contributed by atoms with E-state index in [1.54, 1.807) is 0 Å². The lowest BCUT2D eigenvalue weighted by Crippen LogP contribution is -2.30. The summed E-state index contributed by atoms with van der Waals surface area (Å²) in [5.41, 5.74) is 0. The van der Waals surface area contributed by atoms with Crippen molar-refractivity contribution in [1.29, 1.82) is 0 Å². The van der Waals surface area contributed by atoms with E-state index in [2.05, 4.69) is 34.6 Å². The predicted molar refractivity (Wildman–Crippen MR) is 224 cm³/mol. The van der Waals surface area contributed by atoms with Crippen LogP contribution in [0.15, 0.2) is 0 Å². The average molecular weight is 751 g/mol. The van der Waals surface area contributed by atoms with Crippen LogP contribution in [0, 0.1) is 11.8 Å². The molecular weight excluding hydrogens is 661 g/mol. The maximum absolute atomic E-state index is 12.7. The molecule has 6 nitrogen and oxygen atoms in total. The molecule has 6 heteroatoms. The van der Waals surface area contributed by atoms with Gasteiger partial charge in [0.25, 0.3) is 0 Å². The molecule has 0 saturated carbocycles. The summed E-state index contributed by atoms with van der Waals surface area (Å²) in [6, 6.07) is 0. The highest BCUT2D eigenvalue weighted by atomic mass is 16.6. The lowest BCUT2D eigenvalue weighted by Gasteiger charge is -2.18. The summed E-state index contributed by atoms with van der Waals surface area (Å²) in [4.78, 5) is 37.7. The minimum Gasteiger partial charge on any atom is -0.462 e. The molecule has 0 unspecified atom stereocenters. The van der Waals surface area contributed by atoms with Crippen molar-refractivity contribution in [2.24, 2.45) is 11.8 Å². The van der Waals surface area contributed by atoms with Gasteiger partial charge in [0.2, 0.25) is 0 Å². The Bertz CT molecular complexity index is 809. The molecule has 0 fully saturated rings. The third kappa shape index (κ3) is 41.4. The zero-order chi connectivity index (χ0) is 39.0. The van der Waals surface area contributed by atoms with Crippen molar-refractivity contribution in [3.8, 4) is 0 Å². The first-order valence-electron chi connectivity index (χ1n) is 23.2. The van der Waals surface area contributed by atoms with Gasteiger partial charge in [0.05, 0.1) is 0 Å². The van der Waals surface area contributed by atoms with Crippen molar-refractivity contribution in [2.75, 3.05) is 13.2 Å². The zero-order valence-electron chi connectivity index (χ0n) is 36.1. The van der Waals surface area contributed by atoms with E-state index in [1.807, 2.05) is 0 Å². The molecule has 0 aromatic rings. The minimum absolute atomic E-state index is 0.0652. The average Bonchev–Trinajstić information content (AvgIpc) is 3.12. The number of hydrogen-bond donors (Lipinski definition) is 0. The van der Waals surface area contributed by atoms with E-state index in [1.165, 1.54) is 141 Å². The molecule has 0 heterocycles. The van der Waals surface area contributed by atoms with Gasteiger partial charge < -0.3 is 14.2 Å². The normalized spacial score (nSPS) is 12.1. The molecule has 0 saturated heterocycles. The second-order valence-electron chi connectivity index (χ2n) is 17.0. The van der Waals surface area contributed by atoms with Gasteiger partial charge in [0.15, 0.2) is 6.10 Å². The summed E-state index contributed by atoms with van der Waals surface area (Å²) in [7, 11) is 0. The quantitative estimate of drug-likeness (QED) is 0.0352. The largest absolute Gasteiger partial charge is 0.462 e. The van der Waals surface area contributed by atoms with Gasteiger partial charge in [-0.05, 0) is 31.1 Å². The van der Waals surface area contributed by atoms with Gasteiger partial charge in [-0.15, -0.1) is 0 Å². The van der Waals surface area contributed by atoms with Gasteiger partial charge in [-0.2, -0.15) is 0 Å². The van der Waals surface area contributed by atoms with E-state index < -0.39 is 6.10 Å². The van der Waals surface area contributed by atoms with Crippen LogP contribution in [0.2, 0.25) is 0 Å². The predicted octanol–water partition coefficient (Wildman–Crippen LogP) is 14.6. The van der Waals surface area contributed by atoms with Crippen molar-refractivity contribution in [3.63, 3.8) is 0 Å². The van der Waals surface area contributed by atoms with Gasteiger partial charge in [-0.25, -0.2) is 0 Å². The molecule has 0 spiro atoms. The fourth-order valence-corrected chi connectivity index (χ4v) is 6.93. The molecule has 0 amide bonds. The summed E-state index contributed by atoms with van der Waals surface area (Å²) < 4.78 is 16.7. The van der Waals surface area contributed by atoms with Crippen molar-refractivity contribution in [3.05, 3.63) is 0 Å². The Kier molecular flexibility index (Phi) is 38.9. The molecule has 0 N–H and O–H groups in total. The first kappa shape index (κ1) is 51.4. The fourth-order valence-electron chi connectivity index (χ4n) is 6.93. The molecule has 0 aliphatic heterocycles. The van der Waals surface area contributed by atoms with Gasteiger partial charge in [0.1, 0.15) is 13.2 Å². The monoisotopic (exact) mass is 751 g/mol. The number of esters is 3. The molecule has 0 bridgehead atoms. The topological polar surface area (TPSA) is 78.9 Å². The molecule has 0 rings (SSSR count). The summed E-state index contributed by atoms with van der Waals surface area (Å²) in [5, 5.41) is 0. The molecular formula is C47H90O6. The van der Waals surface area contributed by atoms with Crippen LogP contribution >= 0.6 is 0 Å². The second kappa shape index (κ2) is 40.1. The summed E-state index contributed by atoms with van der Waals surface area (Å²) >= 11 is 0. The highest BCUT2D eigenvalue weighted by Crippen LogP contribution is 2.16. The van der Waals surface area contributed by atoms with Crippen LogP contribution in [0.4, 0.5) is 0 Å². The van der Waals surface area contributed by atoms with E-state index in [-0.39, 0.29) is 31.1 Å². The molecule has 0 aromatic carbocycles. The first-order chi connectivity index (χ1) is 25.7. The van der Waals surface area contributed by atoms with Gasteiger partial charge in [-0.1, -0.05) is 214 Å². The third-order valence-electron chi connectivity index (χ3n) is 10.5. The smallest absolute Gasteiger partial charge is 0.306 e. The Labute approximate surface area is 329 Å². The van der Waals surface area contributed by atoms with E-state index in [4.69, 9.17) is 14.2 Å². The highest BCUT2D eigenvalue weighted by molar-refractivity contribution is 5.71. The van der Waals surface area contributed by atoms with Gasteiger partial charge in [0, 0.05) is 19.3 Å². The molecule has 314 valence electrons. The van der Waals surface area contributed by atoms with Crippen LogP contribution < -0.4 is 0 Å². The summed E-state index contributed by atoms with van der Waals surface area (Å²) in [6.07, 6.45) is 38.1. The Hall–Kier alpha value is -1.59. The van der Waals surface area contributed by atoms with E-state index in [9.17, 15) is 14.4 Å². The van der Waals surface area contributed by atoms with E-state index in [0.29, 0.717) is 19.3 Å². The van der Waals surface area contributed by atoms with Crippen LogP contribution in [-0.2, 0) is 28.6 Å². The molecule has 53 heavy (non-hydrogen) atoms. The Morgan fingerprint density at radius 2 is 0.623 bits per heavy atom. The minimum atomic E-state index is -0.761. The zero-order valence-corrected chi connectivity index (χ0v) is 36.1. The van der Waals surface area contributed by atoms with Crippen molar-refractivity contribution < 1.29 is 28.6 Å². The number of unbranched alkanes of at least 4 members (excludes halogenated alkanes) is 26. The molecule has 0 aliphatic rings. The van der Waals surface area contributed by atoms with Crippen LogP contribution in [0.25, 0.3) is 0 Å². The highest BCUT2D eigenvalue weighted by Gasteiger charge is 2.19. The van der Waals surface area contributed by atoms with Crippen molar-refractivity contribution in [2.45, 2.75) is 259 Å². The lowest BCUT2D eigenvalue weighted by atomic mass is 10.0. The number of hydrogen-bond acceptors (Lipinski definition) is 6. The fraction of sp³-hybridized carbons (Fsp3) is 0.936. The van der Waals surface area contributed by atoms with Gasteiger partial charge >= 0.3 is 17.9 Å². The van der Waals surface area contributed by atoms with Crippen LogP contribution in [0.3, 0.4) is 0 Å². The number of carbonyl (C=O) groups is 3. The number of rotatable bonds is 41. The second-order valence-corrected chi connectivity index (χ2v) is 17.0. The van der Waals surface area contributed by atoms with E-state index in [0.717, 1.165) is 69.6 Å². The van der Waals surface area contributed by atoms with Crippen molar-refractivity contribution >= 4 is 17.9 Å². The SMILES string of the molecule is CCCCCCCCCCCCCCCC(=O)OC[C@H](COC(=O)CCCCCCCCCC(C)C)OC(=O)CCCCCCCCCCCC(C)C. The number of ether oxygens (including phenoxy) is 3. The number of carbonyl (C=O) groups excluding carboxylic acids is 3. The van der Waals surface area contributed by atoms with Crippen LogP contribution in [-0.4, -0.2) is 37.2 Å². The van der Waals surface area contributed by atoms with Crippen molar-refractivity contribution in [1.82, 2.24) is 0 Å². The Morgan fingerprint density at radius 3 is 0.925 bits per heavy atom. The van der Waals surface area contributed by atoms with Gasteiger partial charge in [-0.3, -0.25) is 14.4 Å². The maximum atomic E-state index is 12.7. The molecule has 1 atom stereocenters. The Morgan fingerprint density at radius 1 is 0.358 bits per heavy atom. The van der Waals surface area contributed by atoms with E-state index >= 15 is 0 Å². The van der Waals surface area contributed by atoms with Crippen LogP contribution in [0.5, 0.6) is 0 Å². The summed E-state index contributed by atoms with van der Waals surface area (Å²) in [6.45, 7) is 11.3. The molecule has 0 aliphatic carbocycles. The maximum Gasteiger partial charge on any atom is 0.306 e. The first-order valence-corrected chi connectivity index (χ1v) is 23.2. The standard InChI is InChI=1S/C47H90O6/c1-6-7-8-9-10-11-12-13-14-17-22-27-32-37-45(48)51-40-44(41-52-46(49)38-33-28-24-19-21-26-31-36-43(4)5)53-47(50)39-34-29-23-18-15-16-20-25-30-35-42(2)3/h42-44H,6-41H2,1-5H3/t44-/m1/s1. The van der Waals surface area contributed by atoms with Crippen LogP contribution in [0.1, 0.15) is 253 Å². The third-order valence-corrected chi connectivity index (χ3v) is 10.5. The summed E-state index contributed by atoms with van der Waals surface area (Å²) in [5.74, 6) is 0.728.